The summed E-state index contributed by atoms with van der Waals surface area (Å²) in [5, 5.41) is 0.477. The molecule has 144 valence electrons. The summed E-state index contributed by atoms with van der Waals surface area (Å²) in [6.07, 6.45) is 4.40. The van der Waals surface area contributed by atoms with Crippen molar-refractivity contribution in [2.75, 3.05) is 13.1 Å². The van der Waals surface area contributed by atoms with Crippen LogP contribution in [0.5, 0.6) is 5.75 Å². The Balaban J connectivity index is 1.65. The number of rotatable bonds is 5. The van der Waals surface area contributed by atoms with Crippen LogP contribution in [0.15, 0.2) is 12.1 Å². The molecule has 2 heterocycles. The van der Waals surface area contributed by atoms with Gasteiger partial charge in [-0.15, -0.1) is 0 Å². The first-order valence-electron chi connectivity index (χ1n) is 9.49. The molecule has 2 fully saturated rings. The SMILES string of the molecule is Cc1nc(Cl)ccc1OC(CC1CC1)C1CCN(C(=O)OC(C)(C)C)C1. The second kappa shape index (κ2) is 7.63. The van der Waals surface area contributed by atoms with E-state index in [0.717, 1.165) is 36.7 Å². The van der Waals surface area contributed by atoms with Crippen LogP contribution in [0.1, 0.15) is 52.1 Å². The normalized spacial score (nSPS) is 21.6. The molecule has 1 aliphatic heterocycles. The average molecular weight is 381 g/mol. The van der Waals surface area contributed by atoms with Gasteiger partial charge in [0.1, 0.15) is 22.6 Å². The van der Waals surface area contributed by atoms with Crippen LogP contribution in [0.3, 0.4) is 0 Å². The molecule has 1 aromatic rings. The summed E-state index contributed by atoms with van der Waals surface area (Å²) in [7, 11) is 0. The molecule has 0 aromatic carbocycles. The van der Waals surface area contributed by atoms with Gasteiger partial charge in [-0.2, -0.15) is 0 Å². The number of carbonyl (C=O) groups excluding carboxylic acids is 1. The van der Waals surface area contributed by atoms with E-state index in [2.05, 4.69) is 4.98 Å². The predicted molar refractivity (Wildman–Crippen MR) is 102 cm³/mol. The number of nitrogens with zero attached hydrogens (tertiary/aromatic N) is 2. The van der Waals surface area contributed by atoms with Gasteiger partial charge in [0.15, 0.2) is 0 Å². The molecule has 5 nitrogen and oxygen atoms in total. The number of hydrogen-bond donors (Lipinski definition) is 0. The van der Waals surface area contributed by atoms with E-state index in [4.69, 9.17) is 21.1 Å². The molecule has 0 radical (unpaired) electrons. The summed E-state index contributed by atoms with van der Waals surface area (Å²) in [6, 6.07) is 3.66. The fraction of sp³-hybridized carbons (Fsp3) is 0.700. The van der Waals surface area contributed by atoms with Gasteiger partial charge in [0.2, 0.25) is 0 Å². The van der Waals surface area contributed by atoms with Gasteiger partial charge in [-0.05, 0) is 58.6 Å². The highest BCUT2D eigenvalue weighted by Crippen LogP contribution is 2.38. The largest absolute Gasteiger partial charge is 0.488 e. The third-order valence-electron chi connectivity index (χ3n) is 4.95. The molecule has 3 rings (SSSR count). The van der Waals surface area contributed by atoms with Gasteiger partial charge in [0.05, 0.1) is 5.69 Å². The zero-order chi connectivity index (χ0) is 18.9. The number of ether oxygens (including phenoxy) is 2. The molecule has 2 aliphatic rings. The highest BCUT2D eigenvalue weighted by molar-refractivity contribution is 6.29. The van der Waals surface area contributed by atoms with E-state index in [1.54, 1.807) is 6.07 Å². The van der Waals surface area contributed by atoms with Gasteiger partial charge < -0.3 is 14.4 Å². The molecule has 26 heavy (non-hydrogen) atoms. The molecule has 1 saturated heterocycles. The van der Waals surface area contributed by atoms with Crippen molar-refractivity contribution in [1.29, 1.82) is 0 Å². The smallest absolute Gasteiger partial charge is 0.410 e. The third kappa shape index (κ3) is 5.26. The van der Waals surface area contributed by atoms with Crippen molar-refractivity contribution >= 4 is 17.7 Å². The van der Waals surface area contributed by atoms with Crippen LogP contribution in [0.2, 0.25) is 5.15 Å². The summed E-state index contributed by atoms with van der Waals surface area (Å²) in [6.45, 7) is 9.01. The average Bonchev–Trinajstić information content (AvgIpc) is 3.20. The number of carbonyl (C=O) groups is 1. The Hall–Kier alpha value is -1.49. The Bertz CT molecular complexity index is 655. The Morgan fingerprint density at radius 2 is 2.08 bits per heavy atom. The summed E-state index contributed by atoms with van der Waals surface area (Å²) < 4.78 is 11.9. The maximum absolute atomic E-state index is 12.4. The van der Waals surface area contributed by atoms with E-state index in [9.17, 15) is 4.79 Å². The minimum absolute atomic E-state index is 0.0941. The zero-order valence-corrected chi connectivity index (χ0v) is 16.9. The van der Waals surface area contributed by atoms with Crippen molar-refractivity contribution in [3.05, 3.63) is 23.0 Å². The van der Waals surface area contributed by atoms with Crippen LogP contribution in [0.25, 0.3) is 0 Å². The van der Waals surface area contributed by atoms with Gasteiger partial charge >= 0.3 is 6.09 Å². The lowest BCUT2D eigenvalue weighted by Gasteiger charge is -2.27. The van der Waals surface area contributed by atoms with Crippen LogP contribution < -0.4 is 4.74 Å². The number of aryl methyl sites for hydroxylation is 1. The van der Waals surface area contributed by atoms with Crippen molar-refractivity contribution in [3.63, 3.8) is 0 Å². The van der Waals surface area contributed by atoms with Gasteiger partial charge in [0.25, 0.3) is 0 Å². The van der Waals surface area contributed by atoms with Crippen LogP contribution in [0.4, 0.5) is 4.79 Å². The fourth-order valence-corrected chi connectivity index (χ4v) is 3.60. The number of halogens is 1. The van der Waals surface area contributed by atoms with E-state index >= 15 is 0 Å². The standard InChI is InChI=1S/C20H29ClN2O3/c1-13-16(7-8-18(21)22-13)25-17(11-14-5-6-14)15-9-10-23(12-15)19(24)26-20(2,3)4/h7-8,14-15,17H,5-6,9-12H2,1-4H3. The van der Waals surface area contributed by atoms with Crippen molar-refractivity contribution in [2.45, 2.75) is 65.1 Å². The third-order valence-corrected chi connectivity index (χ3v) is 5.16. The molecule has 0 bridgehead atoms. The van der Waals surface area contributed by atoms with Crippen LogP contribution in [-0.4, -0.2) is 40.8 Å². The Morgan fingerprint density at radius 3 is 2.69 bits per heavy atom. The van der Waals surface area contributed by atoms with Gasteiger partial charge in [0, 0.05) is 19.0 Å². The number of aromatic nitrogens is 1. The molecule has 0 spiro atoms. The first kappa shape index (κ1) is 19.3. The minimum atomic E-state index is -0.467. The predicted octanol–water partition coefficient (Wildman–Crippen LogP) is 4.85. The van der Waals surface area contributed by atoms with Gasteiger partial charge in [-0.1, -0.05) is 24.4 Å². The molecule has 1 aliphatic carbocycles. The molecule has 1 aromatic heterocycles. The van der Waals surface area contributed by atoms with Crippen molar-refractivity contribution in [1.82, 2.24) is 9.88 Å². The Morgan fingerprint density at radius 1 is 1.35 bits per heavy atom. The number of hydrogen-bond acceptors (Lipinski definition) is 4. The monoisotopic (exact) mass is 380 g/mol. The molecule has 2 unspecified atom stereocenters. The highest BCUT2D eigenvalue weighted by atomic mass is 35.5. The fourth-order valence-electron chi connectivity index (χ4n) is 3.41. The summed E-state index contributed by atoms with van der Waals surface area (Å²) in [4.78, 5) is 18.5. The number of amides is 1. The van der Waals surface area contributed by atoms with Crippen LogP contribution >= 0.6 is 11.6 Å². The molecule has 6 heteroatoms. The molecule has 1 saturated carbocycles. The first-order chi connectivity index (χ1) is 12.2. The molecule has 1 amide bonds. The Kier molecular flexibility index (Phi) is 5.66. The highest BCUT2D eigenvalue weighted by Gasteiger charge is 2.38. The van der Waals surface area contributed by atoms with E-state index < -0.39 is 5.60 Å². The number of likely N-dealkylation sites (tertiary alicyclic amines) is 1. The quantitative estimate of drug-likeness (QED) is 0.685. The maximum atomic E-state index is 12.4. The molecular formula is C20H29ClN2O3. The van der Waals surface area contributed by atoms with Crippen LogP contribution in [-0.2, 0) is 4.74 Å². The van der Waals surface area contributed by atoms with Crippen LogP contribution in [0, 0.1) is 18.8 Å². The molecular weight excluding hydrogens is 352 g/mol. The maximum Gasteiger partial charge on any atom is 0.410 e. The van der Waals surface area contributed by atoms with Gasteiger partial charge in [-0.3, -0.25) is 0 Å². The lowest BCUT2D eigenvalue weighted by atomic mass is 9.96. The zero-order valence-electron chi connectivity index (χ0n) is 16.1. The van der Waals surface area contributed by atoms with E-state index in [1.807, 2.05) is 38.7 Å². The second-order valence-corrected chi connectivity index (χ2v) is 8.92. The van der Waals surface area contributed by atoms with E-state index in [0.29, 0.717) is 17.6 Å². The lowest BCUT2D eigenvalue weighted by molar-refractivity contribution is 0.0271. The summed E-state index contributed by atoms with van der Waals surface area (Å²) in [5.41, 5.74) is 0.339. The van der Waals surface area contributed by atoms with Crippen molar-refractivity contribution < 1.29 is 14.3 Å². The van der Waals surface area contributed by atoms with Crippen molar-refractivity contribution in [3.8, 4) is 5.75 Å². The topological polar surface area (TPSA) is 51.7 Å². The van der Waals surface area contributed by atoms with Crippen molar-refractivity contribution in [2.24, 2.45) is 11.8 Å². The number of pyridine rings is 1. The second-order valence-electron chi connectivity index (χ2n) is 8.53. The van der Waals surface area contributed by atoms with Gasteiger partial charge in [-0.25, -0.2) is 9.78 Å². The molecule has 2 atom stereocenters. The minimum Gasteiger partial charge on any atom is -0.488 e. The van der Waals surface area contributed by atoms with E-state index in [1.165, 1.54) is 12.8 Å². The molecule has 0 N–H and O–H groups in total. The Labute approximate surface area is 161 Å². The van der Waals surface area contributed by atoms with E-state index in [-0.39, 0.29) is 12.2 Å². The lowest BCUT2D eigenvalue weighted by Crippen LogP contribution is -2.37. The summed E-state index contributed by atoms with van der Waals surface area (Å²) in [5.74, 6) is 1.85. The first-order valence-corrected chi connectivity index (χ1v) is 9.87. The summed E-state index contributed by atoms with van der Waals surface area (Å²) >= 11 is 5.96.